The third-order valence-corrected chi connectivity index (χ3v) is 5.02. The Morgan fingerprint density at radius 2 is 1.85 bits per heavy atom. The molecule has 110 valence electrons. The van der Waals surface area contributed by atoms with Crippen LogP contribution in [-0.4, -0.2) is 19.9 Å². The quantitative estimate of drug-likeness (QED) is 0.871. The average molecular weight is 304 g/mol. The third kappa shape index (κ3) is 2.53. The number of hydrogen-bond donors (Lipinski definition) is 2. The zero-order chi connectivity index (χ0) is 15.0. The van der Waals surface area contributed by atoms with Crippen molar-refractivity contribution in [1.29, 1.82) is 0 Å². The second-order valence-electron chi connectivity index (χ2n) is 4.81. The van der Waals surface area contributed by atoms with E-state index in [0.29, 0.717) is 12.8 Å². The van der Waals surface area contributed by atoms with Gasteiger partial charge in [0.1, 0.15) is 10.4 Å². The molecule has 2 rings (SSSR count). The Labute approximate surface area is 115 Å². The number of sulfonamides is 1. The monoisotopic (exact) mass is 304 g/mol. The second-order valence-corrected chi connectivity index (χ2v) is 6.46. The number of primary amides is 1. The number of carbonyl (C=O) groups is 1. The van der Waals surface area contributed by atoms with Gasteiger partial charge in [-0.05, 0) is 25.0 Å². The van der Waals surface area contributed by atoms with E-state index in [-0.39, 0.29) is 12.8 Å². The lowest BCUT2D eigenvalue weighted by atomic mass is 9.99. The first-order valence-electron chi connectivity index (χ1n) is 6.06. The van der Waals surface area contributed by atoms with Gasteiger partial charge < -0.3 is 5.73 Å². The van der Waals surface area contributed by atoms with Gasteiger partial charge in [-0.1, -0.05) is 18.9 Å². The van der Waals surface area contributed by atoms with Gasteiger partial charge in [-0.25, -0.2) is 17.2 Å². The van der Waals surface area contributed by atoms with E-state index in [4.69, 9.17) is 5.73 Å². The maximum atomic E-state index is 13.6. The van der Waals surface area contributed by atoms with Crippen molar-refractivity contribution in [3.8, 4) is 0 Å². The zero-order valence-electron chi connectivity index (χ0n) is 10.5. The number of carbonyl (C=O) groups excluding carboxylic acids is 1. The molecule has 1 aliphatic rings. The molecular weight excluding hydrogens is 290 g/mol. The molecule has 1 aliphatic carbocycles. The predicted octanol–water partition coefficient (Wildman–Crippen LogP) is 1.04. The van der Waals surface area contributed by atoms with Crippen LogP contribution >= 0.6 is 0 Å². The maximum Gasteiger partial charge on any atom is 0.244 e. The molecular formula is C12H14F2N2O3S. The number of halogens is 2. The van der Waals surface area contributed by atoms with E-state index in [0.717, 1.165) is 18.2 Å². The van der Waals surface area contributed by atoms with Gasteiger partial charge in [0, 0.05) is 0 Å². The second kappa shape index (κ2) is 5.10. The molecule has 1 amide bonds. The molecule has 0 aliphatic heterocycles. The minimum absolute atomic E-state index is 0.249. The van der Waals surface area contributed by atoms with Crippen LogP contribution < -0.4 is 10.5 Å². The molecule has 0 unspecified atom stereocenters. The van der Waals surface area contributed by atoms with Gasteiger partial charge in [-0.2, -0.15) is 4.72 Å². The first-order chi connectivity index (χ1) is 9.28. The van der Waals surface area contributed by atoms with Crippen LogP contribution in [0.3, 0.4) is 0 Å². The molecule has 0 spiro atoms. The fourth-order valence-corrected chi connectivity index (χ4v) is 3.90. The molecule has 20 heavy (non-hydrogen) atoms. The number of nitrogens with two attached hydrogens (primary N) is 1. The summed E-state index contributed by atoms with van der Waals surface area (Å²) in [6.45, 7) is 0. The summed E-state index contributed by atoms with van der Waals surface area (Å²) in [5.74, 6) is -3.56. The normalized spacial score (nSPS) is 18.1. The first-order valence-corrected chi connectivity index (χ1v) is 7.55. The largest absolute Gasteiger partial charge is 0.368 e. The summed E-state index contributed by atoms with van der Waals surface area (Å²) >= 11 is 0. The van der Waals surface area contributed by atoms with Crippen LogP contribution in [0.1, 0.15) is 25.7 Å². The number of amides is 1. The minimum atomic E-state index is -4.37. The number of benzene rings is 1. The van der Waals surface area contributed by atoms with Gasteiger partial charge >= 0.3 is 0 Å². The molecule has 0 heterocycles. The summed E-state index contributed by atoms with van der Waals surface area (Å²) in [7, 11) is -4.37. The molecule has 1 aromatic rings. The highest BCUT2D eigenvalue weighted by Crippen LogP contribution is 2.31. The van der Waals surface area contributed by atoms with Crippen LogP contribution in [0.15, 0.2) is 23.1 Å². The van der Waals surface area contributed by atoms with E-state index >= 15 is 0 Å². The van der Waals surface area contributed by atoms with Gasteiger partial charge in [0.15, 0.2) is 11.6 Å². The van der Waals surface area contributed by atoms with E-state index in [1.54, 1.807) is 0 Å². The van der Waals surface area contributed by atoms with Crippen LogP contribution in [0.2, 0.25) is 0 Å². The Morgan fingerprint density at radius 1 is 1.25 bits per heavy atom. The summed E-state index contributed by atoms with van der Waals surface area (Å²) in [5, 5.41) is 0. The predicted molar refractivity (Wildman–Crippen MR) is 67.1 cm³/mol. The number of nitrogens with one attached hydrogen (secondary N) is 1. The lowest BCUT2D eigenvalue weighted by molar-refractivity contribution is -0.123. The van der Waals surface area contributed by atoms with Crippen molar-refractivity contribution < 1.29 is 22.0 Å². The lowest BCUT2D eigenvalue weighted by Crippen LogP contribution is -2.55. The topological polar surface area (TPSA) is 89.3 Å². The Morgan fingerprint density at radius 3 is 2.40 bits per heavy atom. The molecule has 1 saturated carbocycles. The molecule has 0 radical (unpaired) electrons. The molecule has 1 aromatic carbocycles. The Kier molecular flexibility index (Phi) is 3.79. The molecule has 3 N–H and O–H groups in total. The van der Waals surface area contributed by atoms with Gasteiger partial charge in [0.05, 0.1) is 0 Å². The van der Waals surface area contributed by atoms with Gasteiger partial charge in [-0.15, -0.1) is 0 Å². The lowest BCUT2D eigenvalue weighted by Gasteiger charge is -2.26. The van der Waals surface area contributed by atoms with Crippen molar-refractivity contribution in [2.45, 2.75) is 36.1 Å². The highest BCUT2D eigenvalue weighted by molar-refractivity contribution is 7.89. The third-order valence-electron chi connectivity index (χ3n) is 3.46. The molecule has 0 atom stereocenters. The zero-order valence-corrected chi connectivity index (χ0v) is 11.3. The minimum Gasteiger partial charge on any atom is -0.368 e. The van der Waals surface area contributed by atoms with Crippen molar-refractivity contribution >= 4 is 15.9 Å². The van der Waals surface area contributed by atoms with Crippen LogP contribution in [0.25, 0.3) is 0 Å². The molecule has 0 bridgehead atoms. The van der Waals surface area contributed by atoms with Gasteiger partial charge in [0.2, 0.25) is 15.9 Å². The average Bonchev–Trinajstić information content (AvgIpc) is 2.81. The molecule has 1 fully saturated rings. The maximum absolute atomic E-state index is 13.6. The number of rotatable bonds is 4. The smallest absolute Gasteiger partial charge is 0.244 e. The van der Waals surface area contributed by atoms with Crippen molar-refractivity contribution in [2.75, 3.05) is 0 Å². The van der Waals surface area contributed by atoms with E-state index in [1.165, 1.54) is 0 Å². The van der Waals surface area contributed by atoms with Gasteiger partial charge in [0.25, 0.3) is 0 Å². The Bertz CT molecular complexity index is 640. The fraction of sp³-hybridized carbons (Fsp3) is 0.417. The fourth-order valence-electron chi connectivity index (χ4n) is 2.38. The molecule has 0 aromatic heterocycles. The Balaban J connectivity index is 2.41. The summed E-state index contributed by atoms with van der Waals surface area (Å²) in [6.07, 6.45) is 1.77. The van der Waals surface area contributed by atoms with Crippen LogP contribution in [-0.2, 0) is 14.8 Å². The first kappa shape index (κ1) is 14.9. The van der Waals surface area contributed by atoms with Crippen molar-refractivity contribution in [1.82, 2.24) is 4.72 Å². The number of hydrogen-bond acceptors (Lipinski definition) is 3. The van der Waals surface area contributed by atoms with Crippen molar-refractivity contribution in [3.63, 3.8) is 0 Å². The van der Waals surface area contributed by atoms with Crippen molar-refractivity contribution in [3.05, 3.63) is 29.8 Å². The summed E-state index contributed by atoms with van der Waals surface area (Å²) in [4.78, 5) is 10.7. The standard InChI is InChI=1S/C12H14F2N2O3S/c13-8-4-3-5-9(10(8)14)20(18,19)16-12(11(15)17)6-1-2-7-12/h3-5,16H,1-2,6-7H2,(H2,15,17). The van der Waals surface area contributed by atoms with E-state index in [1.807, 2.05) is 0 Å². The SMILES string of the molecule is NC(=O)C1(NS(=O)(=O)c2cccc(F)c2F)CCCC1. The van der Waals surface area contributed by atoms with Crippen LogP contribution in [0, 0.1) is 11.6 Å². The van der Waals surface area contributed by atoms with Crippen molar-refractivity contribution in [2.24, 2.45) is 5.73 Å². The summed E-state index contributed by atoms with van der Waals surface area (Å²) in [6, 6.07) is 2.83. The van der Waals surface area contributed by atoms with E-state index in [2.05, 4.69) is 4.72 Å². The van der Waals surface area contributed by atoms with Gasteiger partial charge in [-0.3, -0.25) is 4.79 Å². The van der Waals surface area contributed by atoms with Crippen LogP contribution in [0.5, 0.6) is 0 Å². The summed E-state index contributed by atoms with van der Waals surface area (Å²) < 4.78 is 53.1. The van der Waals surface area contributed by atoms with Crippen LogP contribution in [0.4, 0.5) is 8.78 Å². The van der Waals surface area contributed by atoms with E-state index < -0.39 is 38.0 Å². The highest BCUT2D eigenvalue weighted by atomic mass is 32.2. The van der Waals surface area contributed by atoms with E-state index in [9.17, 15) is 22.0 Å². The molecule has 8 heteroatoms. The Hall–Kier alpha value is -1.54. The molecule has 0 saturated heterocycles. The summed E-state index contributed by atoms with van der Waals surface area (Å²) in [5.41, 5.74) is 3.83. The highest BCUT2D eigenvalue weighted by Gasteiger charge is 2.43. The molecule has 5 nitrogen and oxygen atoms in total.